The molecule has 0 radical (unpaired) electrons. The van der Waals surface area contributed by atoms with Crippen LogP contribution in [0.1, 0.15) is 29.3 Å². The number of rotatable bonds is 4. The van der Waals surface area contributed by atoms with Crippen molar-refractivity contribution in [1.82, 2.24) is 9.88 Å². The number of piperidine rings is 1. The lowest BCUT2D eigenvalue weighted by atomic mass is 9.96. The number of nitrogens with two attached hydrogens (primary N) is 1. The van der Waals surface area contributed by atoms with Gasteiger partial charge in [0.1, 0.15) is 0 Å². The first-order valence-corrected chi connectivity index (χ1v) is 9.96. The third-order valence-corrected chi connectivity index (χ3v) is 6.28. The number of hydrogen-bond donors (Lipinski definition) is 1. The number of carbonyl (C=O) groups excluding carboxylic acids is 1. The summed E-state index contributed by atoms with van der Waals surface area (Å²) in [6.07, 6.45) is 2.52. The molecule has 4 rings (SSSR count). The zero-order valence-corrected chi connectivity index (χ0v) is 17.9. The molecule has 2 heterocycles. The molecule has 1 aliphatic heterocycles. The first-order chi connectivity index (χ1) is 12.7. The fourth-order valence-electron chi connectivity index (χ4n) is 3.60. The predicted molar refractivity (Wildman–Crippen MR) is 121 cm³/mol. The Balaban J connectivity index is 0.00000140. The Morgan fingerprint density at radius 1 is 1.07 bits per heavy atom. The normalized spacial score (nSPS) is 15.5. The van der Waals surface area contributed by atoms with Crippen LogP contribution >= 0.6 is 36.2 Å². The average Bonchev–Trinajstić information content (AvgIpc) is 3.12. The van der Waals surface area contributed by atoms with E-state index in [2.05, 4.69) is 18.2 Å². The lowest BCUT2D eigenvalue weighted by molar-refractivity contribution is -0.133. The molecule has 1 unspecified atom stereocenters. The second-order valence-corrected chi connectivity index (χ2v) is 7.98. The maximum Gasteiger partial charge on any atom is 0.239 e. The van der Waals surface area contributed by atoms with Crippen LogP contribution in [0.5, 0.6) is 0 Å². The molecule has 0 bridgehead atoms. The van der Waals surface area contributed by atoms with Gasteiger partial charge in [-0.15, -0.1) is 36.2 Å². The number of likely N-dealkylation sites (tertiary alicyclic amines) is 1. The quantitative estimate of drug-likeness (QED) is 0.656. The van der Waals surface area contributed by atoms with Gasteiger partial charge in [-0.3, -0.25) is 4.79 Å². The first-order valence-electron chi connectivity index (χ1n) is 9.14. The zero-order chi connectivity index (χ0) is 17.9. The smallest absolute Gasteiger partial charge is 0.239 e. The van der Waals surface area contributed by atoms with Gasteiger partial charge in [0.05, 0.1) is 21.3 Å². The molecule has 1 fully saturated rings. The second kappa shape index (κ2) is 10.2. The summed E-state index contributed by atoms with van der Waals surface area (Å²) in [4.78, 5) is 19.4. The molecular formula is C21H25Cl2N3OS. The van der Waals surface area contributed by atoms with E-state index in [4.69, 9.17) is 10.7 Å². The van der Waals surface area contributed by atoms with Crippen molar-refractivity contribution in [3.63, 3.8) is 0 Å². The molecule has 1 amide bonds. The van der Waals surface area contributed by atoms with Crippen LogP contribution in [0.25, 0.3) is 10.2 Å². The molecule has 0 aliphatic carbocycles. The Bertz CT molecular complexity index is 862. The summed E-state index contributed by atoms with van der Waals surface area (Å²) in [5, 5.41) is 1.20. The number of amides is 1. The molecule has 3 aromatic rings. The summed E-state index contributed by atoms with van der Waals surface area (Å²) >= 11 is 1.78. The standard InChI is InChI=1S/C21H23N3OS.2ClH/c22-17(14-15-6-2-1-3-7-15)21(25)24-12-10-16(11-13-24)20-23-18-8-4-5-9-19(18)26-20;;/h1-9,16-17H,10-14,22H2;2*1H. The second-order valence-electron chi connectivity index (χ2n) is 6.92. The number of aromatic nitrogens is 1. The van der Waals surface area contributed by atoms with E-state index in [1.54, 1.807) is 11.3 Å². The van der Waals surface area contributed by atoms with Crippen molar-refractivity contribution in [2.24, 2.45) is 5.73 Å². The first kappa shape index (κ1) is 22.6. The number of fused-ring (bicyclic) bond motifs is 1. The molecule has 150 valence electrons. The number of para-hydroxylation sites is 1. The number of benzene rings is 2. The highest BCUT2D eigenvalue weighted by Gasteiger charge is 2.28. The van der Waals surface area contributed by atoms with Crippen LogP contribution < -0.4 is 5.73 Å². The largest absolute Gasteiger partial charge is 0.341 e. The van der Waals surface area contributed by atoms with E-state index in [-0.39, 0.29) is 30.7 Å². The summed E-state index contributed by atoms with van der Waals surface area (Å²) < 4.78 is 1.24. The topological polar surface area (TPSA) is 59.2 Å². The van der Waals surface area contributed by atoms with E-state index in [9.17, 15) is 4.79 Å². The molecule has 4 nitrogen and oxygen atoms in total. The Morgan fingerprint density at radius 2 is 1.71 bits per heavy atom. The van der Waals surface area contributed by atoms with Crippen molar-refractivity contribution in [2.45, 2.75) is 31.2 Å². The van der Waals surface area contributed by atoms with Gasteiger partial charge in [0, 0.05) is 19.0 Å². The molecule has 0 spiro atoms. The summed E-state index contributed by atoms with van der Waals surface area (Å²) in [5.41, 5.74) is 8.36. The third-order valence-electron chi connectivity index (χ3n) is 5.08. The minimum absolute atomic E-state index is 0. The molecule has 28 heavy (non-hydrogen) atoms. The molecule has 1 aliphatic rings. The van der Waals surface area contributed by atoms with Crippen molar-refractivity contribution in [2.75, 3.05) is 13.1 Å². The highest BCUT2D eigenvalue weighted by atomic mass is 35.5. The van der Waals surface area contributed by atoms with E-state index in [1.165, 1.54) is 9.71 Å². The average molecular weight is 438 g/mol. The Labute approximate surface area is 182 Å². The molecule has 7 heteroatoms. The Morgan fingerprint density at radius 3 is 2.39 bits per heavy atom. The van der Waals surface area contributed by atoms with Crippen LogP contribution in [0.4, 0.5) is 0 Å². The number of thiazole rings is 1. The van der Waals surface area contributed by atoms with Gasteiger partial charge in [0.2, 0.25) is 5.91 Å². The van der Waals surface area contributed by atoms with Gasteiger partial charge < -0.3 is 10.6 Å². The number of halogens is 2. The minimum atomic E-state index is -0.462. The highest BCUT2D eigenvalue weighted by Crippen LogP contribution is 2.33. The monoisotopic (exact) mass is 437 g/mol. The highest BCUT2D eigenvalue weighted by molar-refractivity contribution is 7.18. The molecule has 1 saturated heterocycles. The third kappa shape index (κ3) is 5.03. The lowest BCUT2D eigenvalue weighted by Crippen LogP contribution is -2.47. The molecular weight excluding hydrogens is 413 g/mol. The van der Waals surface area contributed by atoms with Crippen LogP contribution in [-0.2, 0) is 11.2 Å². The number of carbonyl (C=O) groups is 1. The summed E-state index contributed by atoms with van der Waals surface area (Å²) in [6.45, 7) is 1.53. The van der Waals surface area contributed by atoms with Crippen molar-refractivity contribution in [3.8, 4) is 0 Å². The molecule has 0 saturated carbocycles. The van der Waals surface area contributed by atoms with E-state index in [0.717, 1.165) is 37.0 Å². The fraction of sp³-hybridized carbons (Fsp3) is 0.333. The Kier molecular flexibility index (Phi) is 8.25. The van der Waals surface area contributed by atoms with E-state index >= 15 is 0 Å². The van der Waals surface area contributed by atoms with E-state index in [0.29, 0.717) is 12.3 Å². The fourth-order valence-corrected chi connectivity index (χ4v) is 4.74. The van der Waals surface area contributed by atoms with Crippen molar-refractivity contribution >= 4 is 52.3 Å². The van der Waals surface area contributed by atoms with Crippen LogP contribution in [0.2, 0.25) is 0 Å². The molecule has 1 aromatic heterocycles. The Hall–Kier alpha value is -1.66. The van der Waals surface area contributed by atoms with Crippen molar-refractivity contribution in [3.05, 3.63) is 65.2 Å². The van der Waals surface area contributed by atoms with Gasteiger partial charge in [-0.05, 0) is 37.0 Å². The van der Waals surface area contributed by atoms with Crippen molar-refractivity contribution in [1.29, 1.82) is 0 Å². The molecule has 1 atom stereocenters. The van der Waals surface area contributed by atoms with Crippen LogP contribution in [0, 0.1) is 0 Å². The van der Waals surface area contributed by atoms with Gasteiger partial charge in [0.25, 0.3) is 0 Å². The van der Waals surface area contributed by atoms with Gasteiger partial charge in [-0.25, -0.2) is 4.98 Å². The summed E-state index contributed by atoms with van der Waals surface area (Å²) in [7, 11) is 0. The molecule has 2 aromatic carbocycles. The van der Waals surface area contributed by atoms with Crippen LogP contribution in [-0.4, -0.2) is 34.9 Å². The maximum absolute atomic E-state index is 12.7. The van der Waals surface area contributed by atoms with Gasteiger partial charge in [-0.1, -0.05) is 42.5 Å². The molecule has 2 N–H and O–H groups in total. The maximum atomic E-state index is 12.7. The lowest BCUT2D eigenvalue weighted by Gasteiger charge is -2.32. The van der Waals surface area contributed by atoms with Gasteiger partial charge >= 0.3 is 0 Å². The van der Waals surface area contributed by atoms with E-state index < -0.39 is 6.04 Å². The number of hydrogen-bond acceptors (Lipinski definition) is 4. The van der Waals surface area contributed by atoms with E-state index in [1.807, 2.05) is 41.3 Å². The van der Waals surface area contributed by atoms with Crippen molar-refractivity contribution < 1.29 is 4.79 Å². The summed E-state index contributed by atoms with van der Waals surface area (Å²) in [5.74, 6) is 0.512. The van der Waals surface area contributed by atoms with Gasteiger partial charge in [0.15, 0.2) is 0 Å². The summed E-state index contributed by atoms with van der Waals surface area (Å²) in [6, 6.07) is 17.8. The predicted octanol–water partition coefficient (Wildman–Crippen LogP) is 4.42. The van der Waals surface area contributed by atoms with Gasteiger partial charge in [-0.2, -0.15) is 0 Å². The SMILES string of the molecule is Cl.Cl.NC(Cc1ccccc1)C(=O)N1CCC(c2nc3ccccc3s2)CC1. The minimum Gasteiger partial charge on any atom is -0.341 e. The number of nitrogens with zero attached hydrogens (tertiary/aromatic N) is 2. The zero-order valence-electron chi connectivity index (χ0n) is 15.5. The van der Waals surface area contributed by atoms with Crippen LogP contribution in [0.3, 0.4) is 0 Å². The van der Waals surface area contributed by atoms with Crippen LogP contribution in [0.15, 0.2) is 54.6 Å².